The van der Waals surface area contributed by atoms with Gasteiger partial charge in [-0.2, -0.15) is 0 Å². The SMILES string of the molecule is COCCCC[C@](O)(c1ccccc1OC(F)(F)F)C1CCCCN1C(N)=O. The molecule has 3 N–H and O–H groups in total. The summed E-state index contributed by atoms with van der Waals surface area (Å²) in [4.78, 5) is 13.3. The lowest BCUT2D eigenvalue weighted by Gasteiger charge is -2.45. The second-order valence-corrected chi connectivity index (χ2v) is 6.96. The molecule has 0 aromatic heterocycles. The normalized spacial score (nSPS) is 19.9. The number of ether oxygens (including phenoxy) is 2. The van der Waals surface area contributed by atoms with E-state index in [0.29, 0.717) is 32.4 Å². The lowest BCUT2D eigenvalue weighted by Crippen LogP contribution is -2.56. The van der Waals surface area contributed by atoms with Crippen molar-refractivity contribution in [2.75, 3.05) is 20.3 Å². The minimum atomic E-state index is -4.90. The molecule has 2 rings (SSSR count). The second-order valence-electron chi connectivity index (χ2n) is 6.96. The van der Waals surface area contributed by atoms with Gasteiger partial charge in [0.2, 0.25) is 0 Å². The molecule has 0 aliphatic carbocycles. The molecule has 28 heavy (non-hydrogen) atoms. The summed E-state index contributed by atoms with van der Waals surface area (Å²) in [6.45, 7) is 0.809. The molecule has 0 radical (unpaired) electrons. The van der Waals surface area contributed by atoms with Gasteiger partial charge in [-0.15, -0.1) is 13.2 Å². The maximum atomic E-state index is 12.9. The van der Waals surface area contributed by atoms with Crippen LogP contribution in [0.5, 0.6) is 5.75 Å². The first-order valence-electron chi connectivity index (χ1n) is 9.31. The highest BCUT2D eigenvalue weighted by molar-refractivity contribution is 5.72. The molecule has 1 aromatic rings. The van der Waals surface area contributed by atoms with Crippen molar-refractivity contribution in [1.29, 1.82) is 0 Å². The molecule has 1 heterocycles. The topological polar surface area (TPSA) is 85.0 Å². The minimum absolute atomic E-state index is 0.00268. The fraction of sp³-hybridized carbons (Fsp3) is 0.632. The lowest BCUT2D eigenvalue weighted by molar-refractivity contribution is -0.275. The molecule has 2 amide bonds. The molecule has 2 atom stereocenters. The van der Waals surface area contributed by atoms with Crippen LogP contribution in [0.2, 0.25) is 0 Å². The van der Waals surface area contributed by atoms with Crippen molar-refractivity contribution >= 4 is 6.03 Å². The first-order chi connectivity index (χ1) is 13.2. The first kappa shape index (κ1) is 22.3. The fourth-order valence-corrected chi connectivity index (χ4v) is 3.85. The van der Waals surface area contributed by atoms with Crippen molar-refractivity contribution in [2.24, 2.45) is 5.73 Å². The summed E-state index contributed by atoms with van der Waals surface area (Å²) in [6, 6.07) is 4.08. The molecule has 1 saturated heterocycles. The number of hydrogen-bond acceptors (Lipinski definition) is 4. The van der Waals surface area contributed by atoms with E-state index in [1.54, 1.807) is 7.11 Å². The summed E-state index contributed by atoms with van der Waals surface area (Å²) < 4.78 is 47.9. The van der Waals surface area contributed by atoms with Crippen LogP contribution >= 0.6 is 0 Å². The third kappa shape index (κ3) is 5.51. The van der Waals surface area contributed by atoms with Crippen LogP contribution in [0, 0.1) is 0 Å². The smallest absolute Gasteiger partial charge is 0.405 e. The Morgan fingerprint density at radius 3 is 2.64 bits per heavy atom. The minimum Gasteiger partial charge on any atom is -0.405 e. The van der Waals surface area contributed by atoms with E-state index in [-0.39, 0.29) is 12.0 Å². The van der Waals surface area contributed by atoms with E-state index in [0.717, 1.165) is 12.8 Å². The standard InChI is InChI=1S/C19H27F3N2O4/c1-27-13-7-5-11-18(26,16-10-4-6-12-24(16)17(23)25)14-8-2-3-9-15(14)28-19(20,21)22/h2-3,8-9,16,26H,4-7,10-13H2,1H3,(H2,23,25)/t16?,18-/m0/s1. The van der Waals surface area contributed by atoms with E-state index >= 15 is 0 Å². The summed E-state index contributed by atoms with van der Waals surface area (Å²) in [5.41, 5.74) is 3.76. The largest absolute Gasteiger partial charge is 0.573 e. The molecule has 0 saturated carbocycles. The second kappa shape index (κ2) is 9.47. The number of piperidine rings is 1. The Balaban J connectivity index is 2.45. The van der Waals surface area contributed by atoms with Gasteiger partial charge in [0.1, 0.15) is 11.4 Å². The number of primary amides is 1. The number of unbranched alkanes of at least 4 members (excludes halogenated alkanes) is 1. The zero-order valence-corrected chi connectivity index (χ0v) is 15.9. The van der Waals surface area contributed by atoms with Crippen LogP contribution < -0.4 is 10.5 Å². The number of aliphatic hydroxyl groups is 1. The lowest BCUT2D eigenvalue weighted by atomic mass is 9.77. The molecular formula is C19H27F3N2O4. The van der Waals surface area contributed by atoms with E-state index in [9.17, 15) is 23.1 Å². The van der Waals surface area contributed by atoms with Gasteiger partial charge in [0, 0.05) is 25.8 Å². The number of halogens is 3. The summed E-state index contributed by atoms with van der Waals surface area (Å²) in [7, 11) is 1.55. The van der Waals surface area contributed by atoms with Gasteiger partial charge in [-0.1, -0.05) is 18.2 Å². The van der Waals surface area contributed by atoms with Gasteiger partial charge in [-0.25, -0.2) is 4.79 Å². The van der Waals surface area contributed by atoms with E-state index in [4.69, 9.17) is 10.5 Å². The number of nitrogens with two attached hydrogens (primary N) is 1. The average molecular weight is 404 g/mol. The Kier molecular flexibility index (Phi) is 7.54. The molecule has 9 heteroatoms. The molecular weight excluding hydrogens is 377 g/mol. The van der Waals surface area contributed by atoms with Crippen LogP contribution in [0.15, 0.2) is 24.3 Å². The Hall–Kier alpha value is -2.00. The van der Waals surface area contributed by atoms with Gasteiger partial charge >= 0.3 is 12.4 Å². The molecule has 0 spiro atoms. The van der Waals surface area contributed by atoms with Gasteiger partial charge < -0.3 is 25.2 Å². The van der Waals surface area contributed by atoms with Crippen molar-refractivity contribution in [2.45, 2.75) is 56.5 Å². The van der Waals surface area contributed by atoms with Crippen LogP contribution in [-0.4, -0.2) is 48.7 Å². The Bertz CT molecular complexity index is 656. The number of hydrogen-bond donors (Lipinski definition) is 2. The molecule has 158 valence electrons. The van der Waals surface area contributed by atoms with Gasteiger partial charge in [0.25, 0.3) is 0 Å². The van der Waals surface area contributed by atoms with E-state index < -0.39 is 29.8 Å². The number of urea groups is 1. The van der Waals surface area contributed by atoms with Crippen LogP contribution in [0.3, 0.4) is 0 Å². The fourth-order valence-electron chi connectivity index (χ4n) is 3.85. The molecule has 1 unspecified atom stereocenters. The number of carbonyl (C=O) groups excluding carboxylic acids is 1. The maximum Gasteiger partial charge on any atom is 0.573 e. The Morgan fingerprint density at radius 1 is 1.29 bits per heavy atom. The van der Waals surface area contributed by atoms with Crippen molar-refractivity contribution < 1.29 is 32.5 Å². The predicted molar refractivity (Wildman–Crippen MR) is 96.7 cm³/mol. The number of nitrogens with zero attached hydrogens (tertiary/aromatic N) is 1. The van der Waals surface area contributed by atoms with E-state index in [2.05, 4.69) is 4.74 Å². The van der Waals surface area contributed by atoms with Crippen LogP contribution in [0.4, 0.5) is 18.0 Å². The highest BCUT2D eigenvalue weighted by atomic mass is 19.4. The number of para-hydroxylation sites is 1. The first-order valence-corrected chi connectivity index (χ1v) is 9.31. The summed E-state index contributed by atoms with van der Waals surface area (Å²) in [5, 5.41) is 11.7. The van der Waals surface area contributed by atoms with Crippen LogP contribution in [0.25, 0.3) is 0 Å². The molecule has 1 fully saturated rings. The third-order valence-corrected chi connectivity index (χ3v) is 5.07. The zero-order chi connectivity index (χ0) is 20.8. The summed E-state index contributed by atoms with van der Waals surface area (Å²) in [5.74, 6) is -0.473. The number of carbonyl (C=O) groups is 1. The van der Waals surface area contributed by atoms with Crippen molar-refractivity contribution in [3.63, 3.8) is 0 Å². The van der Waals surface area contributed by atoms with Gasteiger partial charge in [0.05, 0.1) is 6.04 Å². The van der Waals surface area contributed by atoms with Crippen molar-refractivity contribution in [1.82, 2.24) is 4.90 Å². The van der Waals surface area contributed by atoms with Crippen LogP contribution in [-0.2, 0) is 10.3 Å². The molecule has 6 nitrogen and oxygen atoms in total. The highest BCUT2D eigenvalue weighted by Gasteiger charge is 2.46. The predicted octanol–water partition coefficient (Wildman–Crippen LogP) is 3.52. The van der Waals surface area contributed by atoms with Crippen LogP contribution in [0.1, 0.15) is 44.1 Å². The number of alkyl halides is 3. The number of benzene rings is 1. The third-order valence-electron chi connectivity index (χ3n) is 5.07. The Labute approximate surface area is 162 Å². The van der Waals surface area contributed by atoms with E-state index in [1.807, 2.05) is 0 Å². The number of methoxy groups -OCH3 is 1. The zero-order valence-electron chi connectivity index (χ0n) is 15.9. The average Bonchev–Trinajstić information content (AvgIpc) is 2.64. The molecule has 1 aromatic carbocycles. The van der Waals surface area contributed by atoms with Gasteiger partial charge in [-0.3, -0.25) is 0 Å². The van der Waals surface area contributed by atoms with Crippen molar-refractivity contribution in [3.05, 3.63) is 29.8 Å². The monoisotopic (exact) mass is 404 g/mol. The van der Waals surface area contributed by atoms with Gasteiger partial charge in [0.15, 0.2) is 0 Å². The maximum absolute atomic E-state index is 12.9. The van der Waals surface area contributed by atoms with Gasteiger partial charge in [-0.05, 0) is 44.6 Å². The number of likely N-dealkylation sites (tertiary alicyclic amines) is 1. The Morgan fingerprint density at radius 2 is 2.00 bits per heavy atom. The summed E-state index contributed by atoms with van der Waals surface area (Å²) >= 11 is 0. The highest BCUT2D eigenvalue weighted by Crippen LogP contribution is 2.43. The molecule has 1 aliphatic rings. The van der Waals surface area contributed by atoms with Crippen molar-refractivity contribution in [3.8, 4) is 5.75 Å². The molecule has 1 aliphatic heterocycles. The number of amides is 2. The van der Waals surface area contributed by atoms with E-state index in [1.165, 1.54) is 29.2 Å². The number of rotatable bonds is 8. The summed E-state index contributed by atoms with van der Waals surface area (Å²) in [6.07, 6.45) is -1.76. The molecule has 0 bridgehead atoms. The quantitative estimate of drug-likeness (QED) is 0.649.